The molecule has 1 atom stereocenters. The maximum absolute atomic E-state index is 9.28. The molecule has 4 nitrogen and oxygen atoms in total. The highest BCUT2D eigenvalue weighted by Crippen LogP contribution is 2.01. The average molecular weight is 187 g/mol. The molecule has 1 heterocycles. The van der Waals surface area contributed by atoms with Gasteiger partial charge in [0, 0.05) is 39.3 Å². The van der Waals surface area contributed by atoms with Gasteiger partial charge in [0.1, 0.15) is 0 Å². The van der Waals surface area contributed by atoms with Crippen LogP contribution < -0.4 is 5.73 Å². The van der Waals surface area contributed by atoms with Crippen molar-refractivity contribution in [3.63, 3.8) is 0 Å². The highest BCUT2D eigenvalue weighted by atomic mass is 16.3. The summed E-state index contributed by atoms with van der Waals surface area (Å²) in [6.07, 6.45) is 0.486. The van der Waals surface area contributed by atoms with Crippen molar-refractivity contribution < 1.29 is 5.11 Å². The molecule has 0 aromatic carbocycles. The van der Waals surface area contributed by atoms with Crippen LogP contribution in [0, 0.1) is 0 Å². The van der Waals surface area contributed by atoms with Crippen LogP contribution in [0.3, 0.4) is 0 Å². The molecule has 1 fully saturated rings. The Bertz CT molecular complexity index is 135. The Morgan fingerprint density at radius 3 is 2.46 bits per heavy atom. The zero-order chi connectivity index (χ0) is 9.68. The van der Waals surface area contributed by atoms with Crippen LogP contribution in [0.4, 0.5) is 0 Å². The number of rotatable bonds is 4. The third-order valence-electron chi connectivity index (χ3n) is 2.65. The molecule has 1 unspecified atom stereocenters. The first kappa shape index (κ1) is 10.9. The molecule has 0 aromatic rings. The molecule has 1 saturated heterocycles. The summed E-state index contributed by atoms with van der Waals surface area (Å²) in [5, 5.41) is 9.28. The number of hydrogen-bond acceptors (Lipinski definition) is 4. The highest BCUT2D eigenvalue weighted by Gasteiger charge is 2.14. The molecule has 78 valence electrons. The molecule has 0 bridgehead atoms. The zero-order valence-corrected chi connectivity index (χ0v) is 8.45. The lowest BCUT2D eigenvalue weighted by atomic mass is 10.2. The van der Waals surface area contributed by atoms with Gasteiger partial charge in [-0.25, -0.2) is 0 Å². The fourth-order valence-corrected chi connectivity index (χ4v) is 1.52. The van der Waals surface area contributed by atoms with Crippen molar-refractivity contribution >= 4 is 0 Å². The summed E-state index contributed by atoms with van der Waals surface area (Å²) in [5.74, 6) is 0. The van der Waals surface area contributed by atoms with Gasteiger partial charge >= 0.3 is 0 Å². The van der Waals surface area contributed by atoms with E-state index in [-0.39, 0.29) is 6.10 Å². The largest absolute Gasteiger partial charge is 0.392 e. The summed E-state index contributed by atoms with van der Waals surface area (Å²) in [4.78, 5) is 4.72. The first-order valence-corrected chi connectivity index (χ1v) is 5.01. The summed E-state index contributed by atoms with van der Waals surface area (Å²) in [5.41, 5.74) is 5.33. The lowest BCUT2D eigenvalue weighted by molar-refractivity contribution is 0.116. The smallest absolute Gasteiger partial charge is 0.0674 e. The van der Waals surface area contributed by atoms with Gasteiger partial charge in [0.25, 0.3) is 0 Å². The molecule has 4 heteroatoms. The highest BCUT2D eigenvalue weighted by molar-refractivity contribution is 4.70. The number of aliphatic hydroxyl groups excluding tert-OH is 1. The second kappa shape index (κ2) is 5.54. The average Bonchev–Trinajstić information content (AvgIpc) is 2.16. The SMILES string of the molecule is CN1CCN(CCC(O)CN)CC1. The topological polar surface area (TPSA) is 52.7 Å². The van der Waals surface area contributed by atoms with Gasteiger partial charge in [-0.3, -0.25) is 0 Å². The van der Waals surface area contributed by atoms with E-state index in [1.165, 1.54) is 0 Å². The maximum Gasteiger partial charge on any atom is 0.0674 e. The third-order valence-corrected chi connectivity index (χ3v) is 2.65. The molecule has 0 amide bonds. The lowest BCUT2D eigenvalue weighted by Crippen LogP contribution is -2.45. The van der Waals surface area contributed by atoms with Gasteiger partial charge < -0.3 is 20.6 Å². The van der Waals surface area contributed by atoms with E-state index in [1.54, 1.807) is 0 Å². The van der Waals surface area contributed by atoms with E-state index in [2.05, 4.69) is 16.8 Å². The number of nitrogens with zero attached hydrogens (tertiary/aromatic N) is 2. The van der Waals surface area contributed by atoms with E-state index >= 15 is 0 Å². The molecule has 0 spiro atoms. The monoisotopic (exact) mass is 187 g/mol. The minimum atomic E-state index is -0.320. The van der Waals surface area contributed by atoms with E-state index in [1.807, 2.05) is 0 Å². The summed E-state index contributed by atoms with van der Waals surface area (Å²) < 4.78 is 0. The molecule has 1 aliphatic rings. The van der Waals surface area contributed by atoms with Crippen LogP contribution in [0.1, 0.15) is 6.42 Å². The molecule has 0 aliphatic carbocycles. The van der Waals surface area contributed by atoms with Crippen LogP contribution in [-0.2, 0) is 0 Å². The standard InChI is InChI=1S/C9H21N3O/c1-11-4-6-12(7-5-11)3-2-9(13)8-10/h9,13H,2-8,10H2,1H3. The van der Waals surface area contributed by atoms with Crippen molar-refractivity contribution in [1.82, 2.24) is 9.80 Å². The normalized spacial score (nSPS) is 23.3. The number of likely N-dealkylation sites (N-methyl/N-ethyl adjacent to an activating group) is 1. The molecule has 3 N–H and O–H groups in total. The number of aliphatic hydroxyl groups is 1. The van der Waals surface area contributed by atoms with Gasteiger partial charge in [-0.1, -0.05) is 0 Å². The van der Waals surface area contributed by atoms with E-state index < -0.39 is 0 Å². The summed E-state index contributed by atoms with van der Waals surface area (Å²) in [7, 11) is 2.14. The van der Waals surface area contributed by atoms with Crippen LogP contribution in [-0.4, -0.2) is 67.3 Å². The minimum absolute atomic E-state index is 0.320. The summed E-state index contributed by atoms with van der Waals surface area (Å²) in [6.45, 7) is 5.87. The molecular formula is C9H21N3O. The van der Waals surface area contributed by atoms with Gasteiger partial charge in [-0.05, 0) is 13.5 Å². The second-order valence-corrected chi connectivity index (χ2v) is 3.82. The van der Waals surface area contributed by atoms with Gasteiger partial charge in [-0.2, -0.15) is 0 Å². The molecule has 0 saturated carbocycles. The molecule has 1 aliphatic heterocycles. The number of hydrogen-bond donors (Lipinski definition) is 2. The Hall–Kier alpha value is -0.160. The Morgan fingerprint density at radius 1 is 1.31 bits per heavy atom. The maximum atomic E-state index is 9.28. The Morgan fingerprint density at radius 2 is 1.92 bits per heavy atom. The second-order valence-electron chi connectivity index (χ2n) is 3.82. The lowest BCUT2D eigenvalue weighted by Gasteiger charge is -2.32. The molecule has 0 aromatic heterocycles. The van der Waals surface area contributed by atoms with Gasteiger partial charge in [0.05, 0.1) is 6.10 Å². The van der Waals surface area contributed by atoms with E-state index in [0.29, 0.717) is 6.54 Å². The van der Waals surface area contributed by atoms with Gasteiger partial charge in [0.2, 0.25) is 0 Å². The summed E-state index contributed by atoms with van der Waals surface area (Å²) >= 11 is 0. The van der Waals surface area contributed by atoms with Gasteiger partial charge in [0.15, 0.2) is 0 Å². The fraction of sp³-hybridized carbons (Fsp3) is 1.00. The first-order valence-electron chi connectivity index (χ1n) is 5.01. The Labute approximate surface area is 80.3 Å². The number of piperazine rings is 1. The van der Waals surface area contributed by atoms with Gasteiger partial charge in [-0.15, -0.1) is 0 Å². The van der Waals surface area contributed by atoms with Crippen molar-refractivity contribution in [2.24, 2.45) is 5.73 Å². The molecule has 13 heavy (non-hydrogen) atoms. The van der Waals surface area contributed by atoms with Crippen LogP contribution in [0.15, 0.2) is 0 Å². The summed E-state index contributed by atoms with van der Waals surface area (Å²) in [6, 6.07) is 0. The van der Waals surface area contributed by atoms with Crippen molar-refractivity contribution in [3.8, 4) is 0 Å². The molecular weight excluding hydrogens is 166 g/mol. The van der Waals surface area contributed by atoms with Crippen LogP contribution in [0.2, 0.25) is 0 Å². The minimum Gasteiger partial charge on any atom is -0.392 e. The zero-order valence-electron chi connectivity index (χ0n) is 8.45. The van der Waals surface area contributed by atoms with E-state index in [0.717, 1.165) is 39.1 Å². The van der Waals surface area contributed by atoms with E-state index in [4.69, 9.17) is 5.73 Å². The third kappa shape index (κ3) is 4.04. The number of nitrogens with two attached hydrogens (primary N) is 1. The quantitative estimate of drug-likeness (QED) is 0.589. The van der Waals surface area contributed by atoms with Crippen LogP contribution >= 0.6 is 0 Å². The Balaban J connectivity index is 2.08. The van der Waals surface area contributed by atoms with E-state index in [9.17, 15) is 5.11 Å². The fourth-order valence-electron chi connectivity index (χ4n) is 1.52. The molecule has 0 radical (unpaired) electrons. The predicted octanol–water partition coefficient (Wildman–Crippen LogP) is -1.06. The van der Waals surface area contributed by atoms with Crippen molar-refractivity contribution in [1.29, 1.82) is 0 Å². The van der Waals surface area contributed by atoms with Crippen molar-refractivity contribution in [3.05, 3.63) is 0 Å². The predicted molar refractivity (Wildman–Crippen MR) is 53.6 cm³/mol. The Kier molecular flexibility index (Phi) is 4.66. The molecule has 1 rings (SSSR count). The van der Waals surface area contributed by atoms with Crippen LogP contribution in [0.25, 0.3) is 0 Å². The van der Waals surface area contributed by atoms with Crippen molar-refractivity contribution in [2.45, 2.75) is 12.5 Å². The first-order chi connectivity index (χ1) is 6.22. The van der Waals surface area contributed by atoms with Crippen molar-refractivity contribution in [2.75, 3.05) is 46.3 Å². The van der Waals surface area contributed by atoms with Crippen LogP contribution in [0.5, 0.6) is 0 Å².